The summed E-state index contributed by atoms with van der Waals surface area (Å²) in [5.74, 6) is 1.86. The van der Waals surface area contributed by atoms with Crippen LogP contribution < -0.4 is 5.32 Å². The lowest BCUT2D eigenvalue weighted by molar-refractivity contribution is 0.0727. The third kappa shape index (κ3) is 3.50. The van der Waals surface area contributed by atoms with Crippen LogP contribution in [0, 0.1) is 5.92 Å². The molecular formula is C20H21N3O2. The highest BCUT2D eigenvalue weighted by Crippen LogP contribution is 2.35. The van der Waals surface area contributed by atoms with Crippen molar-refractivity contribution < 1.29 is 9.47 Å². The second-order valence-corrected chi connectivity index (χ2v) is 6.17. The molecule has 5 nitrogen and oxygen atoms in total. The van der Waals surface area contributed by atoms with E-state index < -0.39 is 0 Å². The van der Waals surface area contributed by atoms with E-state index in [1.807, 2.05) is 24.4 Å². The zero-order valence-electron chi connectivity index (χ0n) is 14.0. The van der Waals surface area contributed by atoms with Gasteiger partial charge < -0.3 is 14.8 Å². The summed E-state index contributed by atoms with van der Waals surface area (Å²) >= 11 is 0. The van der Waals surface area contributed by atoms with E-state index in [9.17, 15) is 0 Å². The van der Waals surface area contributed by atoms with Gasteiger partial charge in [0.25, 0.3) is 0 Å². The van der Waals surface area contributed by atoms with Gasteiger partial charge in [-0.25, -0.2) is 0 Å². The van der Waals surface area contributed by atoms with E-state index in [2.05, 4.69) is 45.6 Å². The molecule has 1 aromatic heterocycles. The number of aromatic nitrogens is 1. The molecule has 5 heteroatoms. The van der Waals surface area contributed by atoms with Crippen LogP contribution in [0.3, 0.4) is 0 Å². The van der Waals surface area contributed by atoms with Crippen molar-refractivity contribution in [1.82, 2.24) is 10.3 Å². The fourth-order valence-electron chi connectivity index (χ4n) is 3.42. The van der Waals surface area contributed by atoms with Crippen LogP contribution >= 0.6 is 0 Å². The first-order valence-electron chi connectivity index (χ1n) is 8.59. The number of rotatable bonds is 6. The lowest BCUT2D eigenvalue weighted by Gasteiger charge is -2.27. The van der Waals surface area contributed by atoms with Crippen LogP contribution in [-0.2, 0) is 15.9 Å². The molecule has 2 unspecified atom stereocenters. The van der Waals surface area contributed by atoms with Crippen LogP contribution in [-0.4, -0.2) is 30.7 Å². The average Bonchev–Trinajstić information content (AvgIpc) is 3.37. The van der Waals surface area contributed by atoms with Crippen LogP contribution in [0.2, 0.25) is 0 Å². The summed E-state index contributed by atoms with van der Waals surface area (Å²) in [4.78, 5) is 9.30. The van der Waals surface area contributed by atoms with Gasteiger partial charge in [-0.3, -0.25) is 9.98 Å². The van der Waals surface area contributed by atoms with Crippen LogP contribution in [0.15, 0.2) is 71.7 Å². The van der Waals surface area contributed by atoms with E-state index >= 15 is 0 Å². The Morgan fingerprint density at radius 1 is 1.08 bits per heavy atom. The number of ether oxygens (including phenoxy) is 2. The van der Waals surface area contributed by atoms with Crippen molar-refractivity contribution in [1.29, 1.82) is 0 Å². The number of pyridine rings is 1. The van der Waals surface area contributed by atoms with Gasteiger partial charge in [-0.1, -0.05) is 36.4 Å². The monoisotopic (exact) mass is 335 g/mol. The molecule has 2 aliphatic heterocycles. The number of hydrogen-bond donors (Lipinski definition) is 1. The summed E-state index contributed by atoms with van der Waals surface area (Å²) in [5.41, 5.74) is 2.30. The standard InChI is InChI=1S/C20H21N3O2/c1-2-6-15(7-3-1)12-16(17-8-4-5-9-21-17)19(18-13-24-14-25-18)20-22-10-11-23-20/h1-9,13,16,19H,10-12,14H2,(H,22,23). The highest BCUT2D eigenvalue weighted by Gasteiger charge is 2.36. The Hall–Kier alpha value is -2.82. The molecule has 0 fully saturated rings. The van der Waals surface area contributed by atoms with Crippen molar-refractivity contribution >= 4 is 5.84 Å². The van der Waals surface area contributed by atoms with E-state index in [4.69, 9.17) is 9.47 Å². The van der Waals surface area contributed by atoms with E-state index in [1.54, 1.807) is 6.26 Å². The molecule has 2 atom stereocenters. The molecule has 25 heavy (non-hydrogen) atoms. The first-order chi connectivity index (χ1) is 12.4. The Bertz CT molecular complexity index is 735. The lowest BCUT2D eigenvalue weighted by atomic mass is 9.82. The summed E-state index contributed by atoms with van der Waals surface area (Å²) in [6, 6.07) is 16.5. The zero-order valence-corrected chi connectivity index (χ0v) is 14.0. The molecule has 3 heterocycles. The van der Waals surface area contributed by atoms with Crippen molar-refractivity contribution in [2.75, 3.05) is 19.9 Å². The highest BCUT2D eigenvalue weighted by molar-refractivity contribution is 5.89. The normalized spacial score (nSPS) is 18.4. The number of nitrogens with one attached hydrogen (secondary N) is 1. The second-order valence-electron chi connectivity index (χ2n) is 6.17. The molecule has 0 amide bonds. The first kappa shape index (κ1) is 15.7. The first-order valence-corrected chi connectivity index (χ1v) is 8.59. The summed E-state index contributed by atoms with van der Waals surface area (Å²) in [7, 11) is 0. The number of benzene rings is 1. The van der Waals surface area contributed by atoms with Gasteiger partial charge in [0.2, 0.25) is 6.79 Å². The minimum Gasteiger partial charge on any atom is -0.462 e. The Labute approximate surface area is 147 Å². The van der Waals surface area contributed by atoms with Crippen molar-refractivity contribution in [2.24, 2.45) is 10.9 Å². The molecule has 0 bridgehead atoms. The molecule has 0 aliphatic carbocycles. The molecule has 0 saturated heterocycles. The second kappa shape index (κ2) is 7.38. The van der Waals surface area contributed by atoms with Gasteiger partial charge in [-0.2, -0.15) is 0 Å². The van der Waals surface area contributed by atoms with Crippen molar-refractivity contribution in [2.45, 2.75) is 12.3 Å². The maximum absolute atomic E-state index is 5.76. The topological polar surface area (TPSA) is 55.7 Å². The highest BCUT2D eigenvalue weighted by atomic mass is 16.7. The largest absolute Gasteiger partial charge is 0.462 e. The van der Waals surface area contributed by atoms with Crippen LogP contribution in [0.4, 0.5) is 0 Å². The van der Waals surface area contributed by atoms with Crippen LogP contribution in [0.25, 0.3) is 0 Å². The van der Waals surface area contributed by atoms with Gasteiger partial charge in [0.1, 0.15) is 17.9 Å². The molecule has 1 N–H and O–H groups in total. The molecule has 0 spiro atoms. The van der Waals surface area contributed by atoms with E-state index in [0.29, 0.717) is 0 Å². The number of amidine groups is 1. The van der Waals surface area contributed by atoms with Crippen molar-refractivity contribution in [3.63, 3.8) is 0 Å². The van der Waals surface area contributed by atoms with Gasteiger partial charge in [-0.05, 0) is 24.1 Å². The summed E-state index contributed by atoms with van der Waals surface area (Å²) in [5, 5.41) is 3.42. The Morgan fingerprint density at radius 2 is 1.96 bits per heavy atom. The predicted molar refractivity (Wildman–Crippen MR) is 96.0 cm³/mol. The molecule has 2 aliphatic rings. The third-order valence-electron chi connectivity index (χ3n) is 4.56. The fourth-order valence-corrected chi connectivity index (χ4v) is 3.42. The minimum absolute atomic E-state index is 0.0277. The molecule has 128 valence electrons. The van der Waals surface area contributed by atoms with Crippen molar-refractivity contribution in [3.05, 3.63) is 78.0 Å². The maximum atomic E-state index is 5.76. The fraction of sp³-hybridized carbons (Fsp3) is 0.300. The Morgan fingerprint density at radius 3 is 2.64 bits per heavy atom. The summed E-state index contributed by atoms with van der Waals surface area (Å²) in [6.45, 7) is 1.92. The minimum atomic E-state index is -0.0277. The Kier molecular flexibility index (Phi) is 4.63. The van der Waals surface area contributed by atoms with Gasteiger partial charge >= 0.3 is 0 Å². The molecule has 4 rings (SSSR count). The Balaban J connectivity index is 1.73. The SMILES string of the molecule is C1=C(C(C2=NCCN2)C(Cc2ccccc2)c2ccccn2)OCO1. The van der Waals surface area contributed by atoms with Gasteiger partial charge in [0, 0.05) is 24.4 Å². The average molecular weight is 335 g/mol. The van der Waals surface area contributed by atoms with Crippen molar-refractivity contribution in [3.8, 4) is 0 Å². The third-order valence-corrected chi connectivity index (χ3v) is 4.56. The molecule has 2 aromatic rings. The van der Waals surface area contributed by atoms with Gasteiger partial charge in [0.15, 0.2) is 0 Å². The van der Waals surface area contributed by atoms with E-state index in [1.165, 1.54) is 5.56 Å². The smallest absolute Gasteiger partial charge is 0.229 e. The summed E-state index contributed by atoms with van der Waals surface area (Å²) in [6.07, 6.45) is 4.41. The predicted octanol–water partition coefficient (Wildman–Crippen LogP) is 2.87. The summed E-state index contributed by atoms with van der Waals surface area (Å²) < 4.78 is 11.1. The van der Waals surface area contributed by atoms with Gasteiger partial charge in [-0.15, -0.1) is 0 Å². The lowest BCUT2D eigenvalue weighted by Crippen LogP contribution is -2.34. The number of nitrogens with zero attached hydrogens (tertiary/aromatic N) is 2. The quantitative estimate of drug-likeness (QED) is 0.882. The van der Waals surface area contributed by atoms with Crippen LogP contribution in [0.1, 0.15) is 17.2 Å². The molecule has 0 radical (unpaired) electrons. The number of hydrogen-bond acceptors (Lipinski definition) is 5. The zero-order chi connectivity index (χ0) is 16.9. The number of aliphatic imine (C=N–C) groups is 1. The molecule has 1 aromatic carbocycles. The molecular weight excluding hydrogens is 314 g/mol. The maximum Gasteiger partial charge on any atom is 0.229 e. The van der Waals surface area contributed by atoms with Gasteiger partial charge in [0.05, 0.1) is 12.5 Å². The van der Waals surface area contributed by atoms with E-state index in [-0.39, 0.29) is 18.6 Å². The van der Waals surface area contributed by atoms with Crippen LogP contribution in [0.5, 0.6) is 0 Å². The van der Waals surface area contributed by atoms with E-state index in [0.717, 1.165) is 36.8 Å². The molecule has 0 saturated carbocycles.